The first-order valence-corrected chi connectivity index (χ1v) is 6.37. The molecule has 19 heavy (non-hydrogen) atoms. The number of carboxylic acids is 1. The molecule has 4 nitrogen and oxygen atoms in total. The van der Waals surface area contributed by atoms with Crippen LogP contribution in [0.4, 0.5) is 0 Å². The molecule has 4 heteroatoms. The van der Waals surface area contributed by atoms with E-state index in [1.807, 2.05) is 26.0 Å². The maximum Gasteiger partial charge on any atom is 0.336 e. The molecule has 0 aromatic heterocycles. The average molecular weight is 262 g/mol. The molecule has 0 saturated carbocycles. The number of carbonyl (C=O) groups excluding carboxylic acids is 1. The largest absolute Gasteiger partial charge is 0.478 e. The molecule has 0 saturated heterocycles. The van der Waals surface area contributed by atoms with Crippen molar-refractivity contribution in [3.8, 4) is 0 Å². The molecule has 1 aliphatic rings. The van der Waals surface area contributed by atoms with Crippen molar-refractivity contribution in [2.24, 2.45) is 0 Å². The number of hydrogen-bond donors (Lipinski definition) is 1. The van der Waals surface area contributed by atoms with Gasteiger partial charge < -0.3 is 9.84 Å². The molecule has 0 fully saturated rings. The van der Waals surface area contributed by atoms with Crippen LogP contribution in [0.3, 0.4) is 0 Å². The minimum Gasteiger partial charge on any atom is -0.478 e. The summed E-state index contributed by atoms with van der Waals surface area (Å²) in [6.45, 7) is 5.94. The van der Waals surface area contributed by atoms with Crippen LogP contribution in [-0.2, 0) is 20.7 Å². The SMILES string of the molecule is CC.CCOC(=O)C1=C(C(=O)O)c2ccccc2C1. The molecule has 1 N–H and O–H groups in total. The Labute approximate surface area is 112 Å². The van der Waals surface area contributed by atoms with Crippen molar-refractivity contribution in [1.82, 2.24) is 0 Å². The van der Waals surface area contributed by atoms with Gasteiger partial charge in [-0.1, -0.05) is 38.1 Å². The summed E-state index contributed by atoms with van der Waals surface area (Å²) in [5, 5.41) is 9.18. The van der Waals surface area contributed by atoms with Gasteiger partial charge in [0, 0.05) is 6.42 Å². The minimum atomic E-state index is -1.09. The Morgan fingerprint density at radius 2 is 1.89 bits per heavy atom. The maximum atomic E-state index is 11.7. The molecule has 1 aliphatic carbocycles. The van der Waals surface area contributed by atoms with E-state index in [1.165, 1.54) is 0 Å². The molecule has 0 amide bonds. The Morgan fingerprint density at radius 1 is 1.26 bits per heavy atom. The molecule has 0 atom stereocenters. The van der Waals surface area contributed by atoms with Gasteiger partial charge in [-0.3, -0.25) is 0 Å². The van der Waals surface area contributed by atoms with E-state index in [2.05, 4.69) is 0 Å². The van der Waals surface area contributed by atoms with Crippen molar-refractivity contribution in [3.05, 3.63) is 41.0 Å². The standard InChI is InChI=1S/C13H12O4.C2H6/c1-2-17-13(16)10-7-8-5-3-4-6-9(8)11(10)12(14)15;1-2/h3-6H,2,7H2,1H3,(H,14,15);1-2H3. The topological polar surface area (TPSA) is 63.6 Å². The lowest BCUT2D eigenvalue weighted by Gasteiger charge is -2.03. The zero-order valence-electron chi connectivity index (χ0n) is 11.4. The smallest absolute Gasteiger partial charge is 0.336 e. The number of aliphatic carboxylic acids is 1. The first-order chi connectivity index (χ1) is 9.15. The van der Waals surface area contributed by atoms with Gasteiger partial charge in [0.1, 0.15) is 0 Å². The fraction of sp³-hybridized carbons (Fsp3) is 0.333. The van der Waals surface area contributed by atoms with Crippen LogP contribution in [0.25, 0.3) is 5.57 Å². The zero-order valence-corrected chi connectivity index (χ0v) is 11.4. The van der Waals surface area contributed by atoms with E-state index < -0.39 is 11.9 Å². The summed E-state index contributed by atoms with van der Waals surface area (Å²) in [6, 6.07) is 7.12. The molecule has 0 radical (unpaired) electrons. The Bertz CT molecular complexity index is 515. The van der Waals surface area contributed by atoms with Crippen molar-refractivity contribution in [1.29, 1.82) is 0 Å². The molecule has 0 bridgehead atoms. The number of hydrogen-bond acceptors (Lipinski definition) is 3. The first-order valence-electron chi connectivity index (χ1n) is 6.37. The summed E-state index contributed by atoms with van der Waals surface area (Å²) < 4.78 is 4.88. The number of carbonyl (C=O) groups is 2. The molecule has 0 unspecified atom stereocenters. The van der Waals surface area contributed by atoms with E-state index in [0.717, 1.165) is 5.56 Å². The first kappa shape index (κ1) is 15.0. The van der Waals surface area contributed by atoms with Gasteiger partial charge in [-0.05, 0) is 18.1 Å². The number of fused-ring (bicyclic) bond motifs is 1. The maximum absolute atomic E-state index is 11.7. The van der Waals surface area contributed by atoms with Crippen LogP contribution >= 0.6 is 0 Å². The molecule has 1 aromatic carbocycles. The fourth-order valence-corrected chi connectivity index (χ4v) is 2.00. The minimum absolute atomic E-state index is 0.0686. The summed E-state index contributed by atoms with van der Waals surface area (Å²) in [6.07, 6.45) is 0.330. The van der Waals surface area contributed by atoms with Gasteiger partial charge in [-0.25, -0.2) is 9.59 Å². The molecular weight excluding hydrogens is 244 g/mol. The monoisotopic (exact) mass is 262 g/mol. The van der Waals surface area contributed by atoms with E-state index >= 15 is 0 Å². The summed E-state index contributed by atoms with van der Waals surface area (Å²) in [4.78, 5) is 22.9. The van der Waals surface area contributed by atoms with Crippen molar-refractivity contribution < 1.29 is 19.4 Å². The van der Waals surface area contributed by atoms with E-state index in [0.29, 0.717) is 12.0 Å². The van der Waals surface area contributed by atoms with Gasteiger partial charge in [0.05, 0.1) is 17.8 Å². The predicted molar refractivity (Wildman–Crippen MR) is 72.7 cm³/mol. The van der Waals surface area contributed by atoms with Gasteiger partial charge in [0.2, 0.25) is 0 Å². The van der Waals surface area contributed by atoms with E-state index in [4.69, 9.17) is 4.74 Å². The molecule has 0 aliphatic heterocycles. The van der Waals surface area contributed by atoms with Crippen LogP contribution in [0.2, 0.25) is 0 Å². The van der Waals surface area contributed by atoms with E-state index in [9.17, 15) is 14.7 Å². The second-order valence-electron chi connectivity index (χ2n) is 3.71. The highest BCUT2D eigenvalue weighted by molar-refractivity contribution is 6.24. The Balaban J connectivity index is 0.000000861. The lowest BCUT2D eigenvalue weighted by molar-refractivity contribution is -0.139. The lowest BCUT2D eigenvalue weighted by atomic mass is 10.1. The highest BCUT2D eigenvalue weighted by Crippen LogP contribution is 2.33. The number of esters is 1. The van der Waals surface area contributed by atoms with Crippen molar-refractivity contribution in [3.63, 3.8) is 0 Å². The molecule has 2 rings (SSSR count). The number of rotatable bonds is 3. The Kier molecular flexibility index (Phi) is 5.30. The summed E-state index contributed by atoms with van der Waals surface area (Å²) in [5.41, 5.74) is 1.77. The van der Waals surface area contributed by atoms with Gasteiger partial charge >= 0.3 is 11.9 Å². The van der Waals surface area contributed by atoms with Crippen molar-refractivity contribution >= 4 is 17.5 Å². The zero-order chi connectivity index (χ0) is 14.4. The third-order valence-electron chi connectivity index (χ3n) is 2.69. The van der Waals surface area contributed by atoms with Crippen LogP contribution in [0.1, 0.15) is 31.9 Å². The summed E-state index contributed by atoms with van der Waals surface area (Å²) in [7, 11) is 0. The van der Waals surface area contributed by atoms with Crippen molar-refractivity contribution in [2.45, 2.75) is 27.2 Å². The molecular formula is C15H18O4. The number of ether oxygens (including phenoxy) is 1. The Hall–Kier alpha value is -2.10. The van der Waals surface area contributed by atoms with Crippen LogP contribution in [-0.4, -0.2) is 23.7 Å². The van der Waals surface area contributed by atoms with Crippen LogP contribution in [0.15, 0.2) is 29.8 Å². The highest BCUT2D eigenvalue weighted by Gasteiger charge is 2.30. The predicted octanol–water partition coefficient (Wildman–Crippen LogP) is 2.67. The highest BCUT2D eigenvalue weighted by atomic mass is 16.5. The number of benzene rings is 1. The molecule has 0 heterocycles. The number of carboxylic acid groups (broad SMARTS) is 1. The third-order valence-corrected chi connectivity index (χ3v) is 2.69. The van der Waals surface area contributed by atoms with E-state index in [1.54, 1.807) is 19.1 Å². The summed E-state index contributed by atoms with van der Waals surface area (Å²) in [5.74, 6) is -1.63. The fourth-order valence-electron chi connectivity index (χ4n) is 2.00. The van der Waals surface area contributed by atoms with E-state index in [-0.39, 0.29) is 17.8 Å². The van der Waals surface area contributed by atoms with Crippen LogP contribution in [0, 0.1) is 0 Å². The molecule has 0 spiro atoms. The second kappa shape index (κ2) is 6.73. The summed E-state index contributed by atoms with van der Waals surface area (Å²) >= 11 is 0. The van der Waals surface area contributed by atoms with Gasteiger partial charge in [0.15, 0.2) is 0 Å². The van der Waals surface area contributed by atoms with Gasteiger partial charge in [0.25, 0.3) is 0 Å². The third kappa shape index (κ3) is 3.02. The lowest BCUT2D eigenvalue weighted by Crippen LogP contribution is -2.11. The quantitative estimate of drug-likeness (QED) is 0.851. The van der Waals surface area contributed by atoms with Gasteiger partial charge in [-0.15, -0.1) is 0 Å². The Morgan fingerprint density at radius 3 is 2.47 bits per heavy atom. The van der Waals surface area contributed by atoms with Crippen LogP contribution < -0.4 is 0 Å². The molecule has 102 valence electrons. The normalized spacial score (nSPS) is 12.4. The van der Waals surface area contributed by atoms with Gasteiger partial charge in [-0.2, -0.15) is 0 Å². The van der Waals surface area contributed by atoms with Crippen LogP contribution in [0.5, 0.6) is 0 Å². The second-order valence-corrected chi connectivity index (χ2v) is 3.71. The molecule has 1 aromatic rings. The average Bonchev–Trinajstić information content (AvgIpc) is 2.80. The van der Waals surface area contributed by atoms with Crippen molar-refractivity contribution in [2.75, 3.05) is 6.61 Å².